The number of pyridine rings is 1. The summed E-state index contributed by atoms with van der Waals surface area (Å²) in [5.74, 6) is 0.543. The fraction of sp³-hybridized carbons (Fsp3) is 0.222. The standard InChI is InChI=1S/C9H10BrNO2/c1-3-7(12)9-6(10)4-11-5-8(9)13-2/h3-5,7,12H,1H2,2H3. The van der Waals surface area contributed by atoms with Gasteiger partial charge in [-0.3, -0.25) is 4.98 Å². The lowest BCUT2D eigenvalue weighted by molar-refractivity contribution is 0.222. The first-order valence-electron chi connectivity index (χ1n) is 3.68. The van der Waals surface area contributed by atoms with Crippen LogP contribution in [0, 0.1) is 0 Å². The molecular formula is C9H10BrNO2. The highest BCUT2D eigenvalue weighted by Crippen LogP contribution is 2.31. The van der Waals surface area contributed by atoms with E-state index in [2.05, 4.69) is 27.5 Å². The van der Waals surface area contributed by atoms with Gasteiger partial charge in [0.05, 0.1) is 13.3 Å². The van der Waals surface area contributed by atoms with E-state index in [-0.39, 0.29) is 0 Å². The highest BCUT2D eigenvalue weighted by molar-refractivity contribution is 9.10. The number of hydrogen-bond acceptors (Lipinski definition) is 3. The van der Waals surface area contributed by atoms with Crippen molar-refractivity contribution in [3.05, 3.63) is 35.1 Å². The lowest BCUT2D eigenvalue weighted by Gasteiger charge is -2.12. The van der Waals surface area contributed by atoms with Crippen LogP contribution in [0.2, 0.25) is 0 Å². The van der Waals surface area contributed by atoms with Crippen molar-refractivity contribution in [1.82, 2.24) is 4.98 Å². The zero-order valence-corrected chi connectivity index (χ0v) is 8.78. The molecule has 0 radical (unpaired) electrons. The molecule has 1 heterocycles. The molecule has 3 nitrogen and oxygen atoms in total. The molecule has 70 valence electrons. The first kappa shape index (κ1) is 10.2. The smallest absolute Gasteiger partial charge is 0.144 e. The molecule has 0 aromatic carbocycles. The maximum atomic E-state index is 9.57. The van der Waals surface area contributed by atoms with E-state index in [0.717, 1.165) is 0 Å². The molecule has 0 fully saturated rings. The second-order valence-electron chi connectivity index (χ2n) is 2.42. The van der Waals surface area contributed by atoms with Crippen LogP contribution in [0.4, 0.5) is 0 Å². The Bertz CT molecular complexity index is 314. The Morgan fingerprint density at radius 2 is 2.38 bits per heavy atom. The van der Waals surface area contributed by atoms with Crippen molar-refractivity contribution < 1.29 is 9.84 Å². The number of aliphatic hydroxyl groups is 1. The Labute approximate surface area is 85.2 Å². The third-order valence-corrected chi connectivity index (χ3v) is 2.27. The van der Waals surface area contributed by atoms with Gasteiger partial charge in [-0.2, -0.15) is 0 Å². The molecule has 0 aliphatic rings. The minimum atomic E-state index is -0.743. The average molecular weight is 244 g/mol. The van der Waals surface area contributed by atoms with E-state index in [4.69, 9.17) is 4.74 Å². The van der Waals surface area contributed by atoms with Crippen LogP contribution in [0.1, 0.15) is 11.7 Å². The van der Waals surface area contributed by atoms with E-state index < -0.39 is 6.10 Å². The summed E-state index contributed by atoms with van der Waals surface area (Å²) in [6, 6.07) is 0. The predicted molar refractivity (Wildman–Crippen MR) is 53.6 cm³/mol. The van der Waals surface area contributed by atoms with Crippen LogP contribution in [0.15, 0.2) is 29.5 Å². The zero-order valence-electron chi connectivity index (χ0n) is 7.20. The fourth-order valence-corrected chi connectivity index (χ4v) is 1.54. The number of rotatable bonds is 3. The molecular weight excluding hydrogens is 234 g/mol. The van der Waals surface area contributed by atoms with E-state index in [1.807, 2.05) is 0 Å². The second-order valence-corrected chi connectivity index (χ2v) is 3.27. The molecule has 1 atom stereocenters. The van der Waals surface area contributed by atoms with Gasteiger partial charge in [-0.05, 0) is 15.9 Å². The van der Waals surface area contributed by atoms with Crippen molar-refractivity contribution in [1.29, 1.82) is 0 Å². The van der Waals surface area contributed by atoms with Crippen LogP contribution in [0.5, 0.6) is 5.75 Å². The Hall–Kier alpha value is -0.870. The normalized spacial score (nSPS) is 12.2. The quantitative estimate of drug-likeness (QED) is 0.827. The van der Waals surface area contributed by atoms with Crippen LogP contribution in [0.25, 0.3) is 0 Å². The third kappa shape index (κ3) is 2.08. The SMILES string of the molecule is C=CC(O)c1c(Br)cncc1OC. The van der Waals surface area contributed by atoms with Crippen molar-refractivity contribution >= 4 is 15.9 Å². The number of nitrogens with zero attached hydrogens (tertiary/aromatic N) is 1. The fourth-order valence-electron chi connectivity index (χ4n) is 0.995. The lowest BCUT2D eigenvalue weighted by atomic mass is 10.1. The highest BCUT2D eigenvalue weighted by Gasteiger charge is 2.13. The van der Waals surface area contributed by atoms with Crippen molar-refractivity contribution in [2.75, 3.05) is 7.11 Å². The number of aliphatic hydroxyl groups excluding tert-OH is 1. The molecule has 1 N–H and O–H groups in total. The van der Waals surface area contributed by atoms with Crippen molar-refractivity contribution in [3.63, 3.8) is 0 Å². The number of halogens is 1. The number of methoxy groups -OCH3 is 1. The van der Waals surface area contributed by atoms with Crippen LogP contribution in [-0.2, 0) is 0 Å². The van der Waals surface area contributed by atoms with Gasteiger partial charge in [-0.25, -0.2) is 0 Å². The average Bonchev–Trinajstić information content (AvgIpc) is 2.16. The van der Waals surface area contributed by atoms with Gasteiger partial charge in [0.25, 0.3) is 0 Å². The van der Waals surface area contributed by atoms with Crippen LogP contribution in [-0.4, -0.2) is 17.2 Å². The van der Waals surface area contributed by atoms with Crippen molar-refractivity contribution in [2.45, 2.75) is 6.10 Å². The third-order valence-electron chi connectivity index (χ3n) is 1.64. The Morgan fingerprint density at radius 3 is 2.92 bits per heavy atom. The molecule has 1 aromatic rings. The first-order valence-corrected chi connectivity index (χ1v) is 4.48. The van der Waals surface area contributed by atoms with E-state index in [1.54, 1.807) is 12.4 Å². The predicted octanol–water partition coefficient (Wildman–Crippen LogP) is 2.07. The molecule has 0 saturated heterocycles. The molecule has 0 aliphatic carbocycles. The van der Waals surface area contributed by atoms with Crippen LogP contribution in [0.3, 0.4) is 0 Å². The summed E-state index contributed by atoms with van der Waals surface area (Å²) < 4.78 is 5.76. The molecule has 1 unspecified atom stereocenters. The zero-order chi connectivity index (χ0) is 9.84. The number of hydrogen-bond donors (Lipinski definition) is 1. The topological polar surface area (TPSA) is 42.4 Å². The Balaban J connectivity index is 3.22. The van der Waals surface area contributed by atoms with E-state index in [1.165, 1.54) is 13.2 Å². The summed E-state index contributed by atoms with van der Waals surface area (Å²) in [7, 11) is 1.53. The van der Waals surface area contributed by atoms with Crippen molar-refractivity contribution in [2.24, 2.45) is 0 Å². The molecule has 1 aromatic heterocycles. The monoisotopic (exact) mass is 243 g/mol. The Morgan fingerprint density at radius 1 is 1.69 bits per heavy atom. The van der Waals surface area contributed by atoms with Gasteiger partial charge in [0, 0.05) is 16.2 Å². The lowest BCUT2D eigenvalue weighted by Crippen LogP contribution is -1.99. The summed E-state index contributed by atoms with van der Waals surface area (Å²) in [4.78, 5) is 3.92. The van der Waals surface area contributed by atoms with Gasteiger partial charge in [0.1, 0.15) is 11.9 Å². The largest absolute Gasteiger partial charge is 0.495 e. The molecule has 13 heavy (non-hydrogen) atoms. The molecule has 0 aliphatic heterocycles. The summed E-state index contributed by atoms with van der Waals surface area (Å²) in [6.07, 6.45) is 3.84. The summed E-state index contributed by atoms with van der Waals surface area (Å²) in [5.41, 5.74) is 0.646. The molecule has 0 bridgehead atoms. The molecule has 4 heteroatoms. The van der Waals surface area contributed by atoms with E-state index >= 15 is 0 Å². The molecule has 0 amide bonds. The number of aromatic nitrogens is 1. The molecule has 0 saturated carbocycles. The van der Waals surface area contributed by atoms with E-state index in [0.29, 0.717) is 15.8 Å². The summed E-state index contributed by atoms with van der Waals surface area (Å²) in [6.45, 7) is 3.51. The molecule has 0 spiro atoms. The minimum absolute atomic E-state index is 0.543. The maximum Gasteiger partial charge on any atom is 0.144 e. The summed E-state index contributed by atoms with van der Waals surface area (Å²) in [5, 5.41) is 9.57. The van der Waals surface area contributed by atoms with Gasteiger partial charge in [-0.15, -0.1) is 6.58 Å². The van der Waals surface area contributed by atoms with Crippen molar-refractivity contribution in [3.8, 4) is 5.75 Å². The highest BCUT2D eigenvalue weighted by atomic mass is 79.9. The Kier molecular flexibility index (Phi) is 3.45. The van der Waals surface area contributed by atoms with Gasteiger partial charge in [-0.1, -0.05) is 6.08 Å². The van der Waals surface area contributed by atoms with Gasteiger partial charge in [0.2, 0.25) is 0 Å². The molecule has 1 rings (SSSR count). The van der Waals surface area contributed by atoms with Gasteiger partial charge < -0.3 is 9.84 Å². The van der Waals surface area contributed by atoms with Gasteiger partial charge in [0.15, 0.2) is 0 Å². The summed E-state index contributed by atoms with van der Waals surface area (Å²) >= 11 is 3.28. The van der Waals surface area contributed by atoms with Crippen LogP contribution < -0.4 is 4.74 Å². The second kappa shape index (κ2) is 4.39. The minimum Gasteiger partial charge on any atom is -0.495 e. The van der Waals surface area contributed by atoms with E-state index in [9.17, 15) is 5.11 Å². The van der Waals surface area contributed by atoms with Crippen LogP contribution >= 0.6 is 15.9 Å². The van der Waals surface area contributed by atoms with Gasteiger partial charge >= 0.3 is 0 Å². The number of ether oxygens (including phenoxy) is 1. The maximum absolute atomic E-state index is 9.57. The first-order chi connectivity index (χ1) is 6.20.